The monoisotopic (exact) mass is 435 g/mol. The molecule has 0 radical (unpaired) electrons. The molecule has 32 heavy (non-hydrogen) atoms. The SMILES string of the molecule is COc1cccc(CCOc2cccc(-c3cccc(C(=O)NCCNC(=O)O)c3)n2)c1. The summed E-state index contributed by atoms with van der Waals surface area (Å²) in [6, 6.07) is 20.4. The minimum Gasteiger partial charge on any atom is -0.497 e. The quantitative estimate of drug-likeness (QED) is 0.421. The van der Waals surface area contributed by atoms with Crippen LogP contribution in [0.15, 0.2) is 66.7 Å². The van der Waals surface area contributed by atoms with Crippen molar-refractivity contribution in [2.24, 2.45) is 0 Å². The largest absolute Gasteiger partial charge is 0.497 e. The van der Waals surface area contributed by atoms with E-state index in [1.54, 1.807) is 31.4 Å². The molecule has 0 spiro atoms. The van der Waals surface area contributed by atoms with Crippen molar-refractivity contribution in [3.63, 3.8) is 0 Å². The van der Waals surface area contributed by atoms with E-state index in [9.17, 15) is 9.59 Å². The molecule has 166 valence electrons. The lowest BCUT2D eigenvalue weighted by atomic mass is 10.1. The van der Waals surface area contributed by atoms with Gasteiger partial charge in [-0.3, -0.25) is 4.79 Å². The van der Waals surface area contributed by atoms with Crippen LogP contribution < -0.4 is 20.1 Å². The van der Waals surface area contributed by atoms with Gasteiger partial charge >= 0.3 is 6.09 Å². The predicted molar refractivity (Wildman–Crippen MR) is 120 cm³/mol. The highest BCUT2D eigenvalue weighted by molar-refractivity contribution is 5.95. The number of amides is 2. The molecular formula is C24H25N3O5. The minimum absolute atomic E-state index is 0.136. The molecule has 3 aromatic rings. The number of hydrogen-bond donors (Lipinski definition) is 3. The lowest BCUT2D eigenvalue weighted by Crippen LogP contribution is -2.33. The van der Waals surface area contributed by atoms with Crippen LogP contribution in [-0.4, -0.2) is 48.9 Å². The van der Waals surface area contributed by atoms with Crippen LogP contribution in [0.1, 0.15) is 15.9 Å². The van der Waals surface area contributed by atoms with Crippen molar-refractivity contribution >= 4 is 12.0 Å². The molecule has 1 aromatic heterocycles. The first-order valence-electron chi connectivity index (χ1n) is 10.1. The number of pyridine rings is 1. The molecule has 0 saturated carbocycles. The maximum absolute atomic E-state index is 12.3. The third-order valence-corrected chi connectivity index (χ3v) is 4.61. The van der Waals surface area contributed by atoms with Crippen LogP contribution in [0.4, 0.5) is 4.79 Å². The summed E-state index contributed by atoms with van der Waals surface area (Å²) in [5.74, 6) is 1.02. The van der Waals surface area contributed by atoms with Gasteiger partial charge in [-0.1, -0.05) is 30.3 Å². The number of rotatable bonds is 10. The first kappa shape index (κ1) is 22.6. The average molecular weight is 435 g/mol. The summed E-state index contributed by atoms with van der Waals surface area (Å²) < 4.78 is 11.1. The van der Waals surface area contributed by atoms with Crippen LogP contribution in [0, 0.1) is 0 Å². The average Bonchev–Trinajstić information content (AvgIpc) is 2.82. The van der Waals surface area contributed by atoms with Crippen molar-refractivity contribution in [3.8, 4) is 22.9 Å². The molecule has 2 amide bonds. The molecule has 0 aliphatic heterocycles. The highest BCUT2D eigenvalue weighted by atomic mass is 16.5. The van der Waals surface area contributed by atoms with Gasteiger partial charge in [0.2, 0.25) is 5.88 Å². The molecule has 1 heterocycles. The summed E-state index contributed by atoms with van der Waals surface area (Å²) in [7, 11) is 1.64. The topological polar surface area (TPSA) is 110 Å². The smallest absolute Gasteiger partial charge is 0.404 e. The Bertz CT molecular complexity index is 1070. The van der Waals surface area contributed by atoms with Crippen molar-refractivity contribution in [1.29, 1.82) is 0 Å². The zero-order chi connectivity index (χ0) is 22.8. The van der Waals surface area contributed by atoms with E-state index in [4.69, 9.17) is 14.6 Å². The Morgan fingerprint density at radius 1 is 0.969 bits per heavy atom. The second-order valence-electron chi connectivity index (χ2n) is 6.88. The number of carbonyl (C=O) groups is 2. The lowest BCUT2D eigenvalue weighted by Gasteiger charge is -2.09. The second kappa shape index (κ2) is 11.4. The Balaban J connectivity index is 1.60. The van der Waals surface area contributed by atoms with Crippen LogP contribution >= 0.6 is 0 Å². The van der Waals surface area contributed by atoms with E-state index in [2.05, 4.69) is 15.6 Å². The van der Waals surface area contributed by atoms with Crippen molar-refractivity contribution in [3.05, 3.63) is 77.9 Å². The second-order valence-corrected chi connectivity index (χ2v) is 6.88. The van der Waals surface area contributed by atoms with Crippen molar-refractivity contribution in [1.82, 2.24) is 15.6 Å². The molecule has 3 N–H and O–H groups in total. The van der Waals surface area contributed by atoms with Crippen molar-refractivity contribution < 1.29 is 24.2 Å². The van der Waals surface area contributed by atoms with E-state index >= 15 is 0 Å². The number of aromatic nitrogens is 1. The van der Waals surface area contributed by atoms with Gasteiger partial charge in [0, 0.05) is 36.7 Å². The van der Waals surface area contributed by atoms with E-state index < -0.39 is 6.09 Å². The minimum atomic E-state index is -1.13. The zero-order valence-corrected chi connectivity index (χ0v) is 17.7. The molecule has 0 bridgehead atoms. The van der Waals surface area contributed by atoms with Crippen LogP contribution in [0.2, 0.25) is 0 Å². The molecule has 0 saturated heterocycles. The third kappa shape index (κ3) is 6.73. The molecule has 0 fully saturated rings. The fraction of sp³-hybridized carbons (Fsp3) is 0.208. The first-order chi connectivity index (χ1) is 15.5. The van der Waals surface area contributed by atoms with Crippen LogP contribution in [0.3, 0.4) is 0 Å². The number of carbonyl (C=O) groups excluding carboxylic acids is 1. The number of benzene rings is 2. The number of methoxy groups -OCH3 is 1. The fourth-order valence-electron chi connectivity index (χ4n) is 3.02. The number of hydrogen-bond acceptors (Lipinski definition) is 5. The van der Waals surface area contributed by atoms with Gasteiger partial charge in [0.05, 0.1) is 19.4 Å². The van der Waals surface area contributed by atoms with Crippen LogP contribution in [0.25, 0.3) is 11.3 Å². The maximum Gasteiger partial charge on any atom is 0.404 e. The van der Waals surface area contributed by atoms with Crippen LogP contribution in [0.5, 0.6) is 11.6 Å². The van der Waals surface area contributed by atoms with Crippen molar-refractivity contribution in [2.45, 2.75) is 6.42 Å². The highest BCUT2D eigenvalue weighted by Gasteiger charge is 2.09. The van der Waals surface area contributed by atoms with E-state index in [0.717, 1.165) is 23.3 Å². The number of nitrogens with zero attached hydrogens (tertiary/aromatic N) is 1. The van der Waals surface area contributed by atoms with Crippen LogP contribution in [-0.2, 0) is 6.42 Å². The van der Waals surface area contributed by atoms with E-state index in [1.165, 1.54) is 0 Å². The summed E-state index contributed by atoms with van der Waals surface area (Å²) in [4.78, 5) is 27.3. The molecule has 2 aromatic carbocycles. The standard InChI is InChI=1S/C24H25N3O5/c1-31-20-8-2-5-17(15-20)11-14-32-22-10-4-9-21(27-22)18-6-3-7-19(16-18)23(28)25-12-13-26-24(29)30/h2-10,15-16,26H,11-14H2,1H3,(H,25,28)(H,29,30). The fourth-order valence-corrected chi connectivity index (χ4v) is 3.02. The number of ether oxygens (including phenoxy) is 2. The molecule has 0 aliphatic rings. The zero-order valence-electron chi connectivity index (χ0n) is 17.7. The Labute approximate surface area is 186 Å². The summed E-state index contributed by atoms with van der Waals surface area (Å²) in [6.45, 7) is 0.804. The lowest BCUT2D eigenvalue weighted by molar-refractivity contribution is 0.0953. The molecule has 0 unspecified atom stereocenters. The summed E-state index contributed by atoms with van der Waals surface area (Å²) >= 11 is 0. The molecular weight excluding hydrogens is 410 g/mol. The molecule has 0 atom stereocenters. The van der Waals surface area contributed by atoms with Gasteiger partial charge in [0.1, 0.15) is 5.75 Å². The Hall–Kier alpha value is -4.07. The Morgan fingerprint density at radius 2 is 1.75 bits per heavy atom. The summed E-state index contributed by atoms with van der Waals surface area (Å²) in [5.41, 5.74) is 3.03. The van der Waals surface area contributed by atoms with Gasteiger partial charge in [-0.05, 0) is 35.9 Å². The number of nitrogens with one attached hydrogen (secondary N) is 2. The van der Waals surface area contributed by atoms with E-state index in [-0.39, 0.29) is 19.0 Å². The van der Waals surface area contributed by atoms with Gasteiger partial charge in [-0.2, -0.15) is 0 Å². The molecule has 8 nitrogen and oxygen atoms in total. The Kier molecular flexibility index (Phi) is 8.02. The summed E-state index contributed by atoms with van der Waals surface area (Å²) in [6.07, 6.45) is -0.409. The third-order valence-electron chi connectivity index (χ3n) is 4.61. The molecule has 8 heteroatoms. The van der Waals surface area contributed by atoms with Gasteiger partial charge in [0.15, 0.2) is 0 Å². The van der Waals surface area contributed by atoms with E-state index in [0.29, 0.717) is 23.7 Å². The highest BCUT2D eigenvalue weighted by Crippen LogP contribution is 2.21. The maximum atomic E-state index is 12.3. The molecule has 3 rings (SSSR count). The Morgan fingerprint density at radius 3 is 2.56 bits per heavy atom. The van der Waals surface area contributed by atoms with Gasteiger partial charge < -0.3 is 25.2 Å². The molecule has 0 aliphatic carbocycles. The van der Waals surface area contributed by atoms with Crippen molar-refractivity contribution in [2.75, 3.05) is 26.8 Å². The van der Waals surface area contributed by atoms with E-state index in [1.807, 2.05) is 42.5 Å². The first-order valence-corrected chi connectivity index (χ1v) is 10.1. The van der Waals surface area contributed by atoms with Gasteiger partial charge in [-0.15, -0.1) is 0 Å². The van der Waals surface area contributed by atoms with Gasteiger partial charge in [0.25, 0.3) is 5.91 Å². The van der Waals surface area contributed by atoms with Gasteiger partial charge in [-0.25, -0.2) is 9.78 Å². The normalized spacial score (nSPS) is 10.3. The number of carboxylic acid groups (broad SMARTS) is 1. The predicted octanol–water partition coefficient (Wildman–Crippen LogP) is 3.38. The summed E-state index contributed by atoms with van der Waals surface area (Å²) in [5, 5.41) is 13.4.